The second-order valence-electron chi connectivity index (χ2n) is 11.4. The first-order chi connectivity index (χ1) is 20.9. The van der Waals surface area contributed by atoms with Gasteiger partial charge in [-0.2, -0.15) is 4.98 Å². The normalized spacial score (nSPS) is 17.0. The molecular formula is C33H40N8O2. The lowest BCUT2D eigenvalue weighted by Gasteiger charge is -2.41. The summed E-state index contributed by atoms with van der Waals surface area (Å²) in [6.45, 7) is 10.5. The van der Waals surface area contributed by atoms with Crippen LogP contribution in [-0.2, 0) is 0 Å². The highest BCUT2D eigenvalue weighted by molar-refractivity contribution is 5.94. The van der Waals surface area contributed by atoms with Crippen molar-refractivity contribution < 1.29 is 9.90 Å². The fraction of sp³-hybridized carbons (Fsp3) is 0.364. The second kappa shape index (κ2) is 12.8. The third-order valence-corrected chi connectivity index (χ3v) is 8.52. The van der Waals surface area contributed by atoms with E-state index in [4.69, 9.17) is 4.98 Å². The van der Waals surface area contributed by atoms with Crippen molar-refractivity contribution >= 4 is 23.2 Å². The van der Waals surface area contributed by atoms with E-state index in [1.807, 2.05) is 30.7 Å². The SMILES string of the molecule is Cc1cnc(Nc2ccc(N3CCC(N4CCNCC4)CC3)cc2)nc1-n1ccc(C(=O)NC(C)c2ccccc2O)c1. The molecule has 0 spiro atoms. The molecular weight excluding hydrogens is 540 g/mol. The van der Waals surface area contributed by atoms with Crippen molar-refractivity contribution in [3.63, 3.8) is 0 Å². The molecule has 2 aromatic heterocycles. The minimum Gasteiger partial charge on any atom is -0.508 e. The monoisotopic (exact) mass is 580 g/mol. The summed E-state index contributed by atoms with van der Waals surface area (Å²) in [7, 11) is 0. The van der Waals surface area contributed by atoms with Gasteiger partial charge >= 0.3 is 0 Å². The molecule has 224 valence electrons. The number of aryl methyl sites for hydroxylation is 1. The average Bonchev–Trinajstić information content (AvgIpc) is 3.54. The van der Waals surface area contributed by atoms with Crippen molar-refractivity contribution in [2.24, 2.45) is 0 Å². The summed E-state index contributed by atoms with van der Waals surface area (Å²) in [5.41, 5.74) is 4.21. The van der Waals surface area contributed by atoms with E-state index >= 15 is 0 Å². The lowest BCUT2D eigenvalue weighted by atomic mass is 10.0. The minimum absolute atomic E-state index is 0.158. The van der Waals surface area contributed by atoms with Crippen molar-refractivity contribution in [1.29, 1.82) is 0 Å². The Kier molecular flexibility index (Phi) is 8.57. The first-order valence-corrected chi connectivity index (χ1v) is 15.1. The highest BCUT2D eigenvalue weighted by Gasteiger charge is 2.25. The number of aromatic nitrogens is 3. The summed E-state index contributed by atoms with van der Waals surface area (Å²) < 4.78 is 1.83. The van der Waals surface area contributed by atoms with Gasteiger partial charge < -0.3 is 30.5 Å². The zero-order valence-electron chi connectivity index (χ0n) is 24.8. The molecule has 1 unspecified atom stereocenters. The second-order valence-corrected chi connectivity index (χ2v) is 11.4. The summed E-state index contributed by atoms with van der Waals surface area (Å²) in [6, 6.07) is 17.6. The number of aromatic hydroxyl groups is 1. The molecule has 4 N–H and O–H groups in total. The zero-order chi connectivity index (χ0) is 29.8. The third kappa shape index (κ3) is 6.65. The van der Waals surface area contributed by atoms with Crippen LogP contribution in [0.25, 0.3) is 5.82 Å². The van der Waals surface area contributed by atoms with Crippen molar-refractivity contribution in [1.82, 2.24) is 30.1 Å². The molecule has 4 aromatic rings. The molecule has 10 heteroatoms. The molecule has 4 heterocycles. The predicted octanol–water partition coefficient (Wildman–Crippen LogP) is 4.39. The lowest BCUT2D eigenvalue weighted by Crippen LogP contribution is -2.52. The average molecular weight is 581 g/mol. The van der Waals surface area contributed by atoms with E-state index < -0.39 is 0 Å². The van der Waals surface area contributed by atoms with Gasteiger partial charge in [-0.15, -0.1) is 0 Å². The van der Waals surface area contributed by atoms with E-state index in [9.17, 15) is 9.90 Å². The quantitative estimate of drug-likeness (QED) is 0.243. The Balaban J connectivity index is 1.07. The summed E-state index contributed by atoms with van der Waals surface area (Å²) in [5, 5.41) is 19.9. The van der Waals surface area contributed by atoms with Crippen LogP contribution >= 0.6 is 0 Å². The molecule has 0 aliphatic carbocycles. The summed E-state index contributed by atoms with van der Waals surface area (Å²) in [4.78, 5) is 27.3. The van der Waals surface area contributed by atoms with Gasteiger partial charge in [0.2, 0.25) is 5.95 Å². The van der Waals surface area contributed by atoms with E-state index in [1.54, 1.807) is 36.7 Å². The molecule has 1 amide bonds. The Labute approximate surface area is 252 Å². The maximum absolute atomic E-state index is 12.9. The van der Waals surface area contributed by atoms with Crippen LogP contribution in [0.3, 0.4) is 0 Å². The Morgan fingerprint density at radius 3 is 2.51 bits per heavy atom. The number of carbonyl (C=O) groups excluding carboxylic acids is 1. The highest BCUT2D eigenvalue weighted by atomic mass is 16.3. The summed E-state index contributed by atoms with van der Waals surface area (Å²) in [6.07, 6.45) is 7.77. The van der Waals surface area contributed by atoms with E-state index in [1.165, 1.54) is 18.5 Å². The molecule has 2 saturated heterocycles. The smallest absolute Gasteiger partial charge is 0.253 e. The molecule has 6 rings (SSSR count). The summed E-state index contributed by atoms with van der Waals surface area (Å²) in [5.74, 6) is 1.10. The van der Waals surface area contributed by atoms with Gasteiger partial charge in [0.05, 0.1) is 11.6 Å². The molecule has 2 aliphatic rings. The number of phenols is 1. The lowest BCUT2D eigenvalue weighted by molar-refractivity contribution is 0.0939. The van der Waals surface area contributed by atoms with Crippen LogP contribution < -0.4 is 20.9 Å². The van der Waals surface area contributed by atoms with E-state index in [0.29, 0.717) is 28.9 Å². The van der Waals surface area contributed by atoms with Gasteiger partial charge in [-0.05, 0) is 63.1 Å². The number of piperazine rings is 1. The Hall–Kier alpha value is -4.41. The minimum atomic E-state index is -0.343. The Bertz CT molecular complexity index is 1540. The Morgan fingerprint density at radius 2 is 1.77 bits per heavy atom. The Morgan fingerprint density at radius 1 is 1.02 bits per heavy atom. The molecule has 0 radical (unpaired) electrons. The molecule has 2 aromatic carbocycles. The first-order valence-electron chi connectivity index (χ1n) is 15.1. The number of phenolic OH excluding ortho intramolecular Hbond substituents is 1. The fourth-order valence-corrected chi connectivity index (χ4v) is 6.05. The fourth-order valence-electron chi connectivity index (χ4n) is 6.05. The van der Waals surface area contributed by atoms with Gasteiger partial charge in [0.25, 0.3) is 5.91 Å². The van der Waals surface area contributed by atoms with Gasteiger partial charge in [-0.3, -0.25) is 9.69 Å². The van der Waals surface area contributed by atoms with Gasteiger partial charge in [0.1, 0.15) is 11.6 Å². The maximum Gasteiger partial charge on any atom is 0.253 e. The number of piperidine rings is 1. The van der Waals surface area contributed by atoms with Gasteiger partial charge in [0, 0.05) is 86.4 Å². The predicted molar refractivity (Wildman–Crippen MR) is 169 cm³/mol. The molecule has 0 bridgehead atoms. The van der Waals surface area contributed by atoms with Crippen LogP contribution in [0, 0.1) is 6.92 Å². The maximum atomic E-state index is 12.9. The molecule has 2 aliphatic heterocycles. The van der Waals surface area contributed by atoms with Crippen molar-refractivity contribution in [3.8, 4) is 11.6 Å². The number of anilines is 3. The number of hydrogen-bond acceptors (Lipinski definition) is 8. The number of amides is 1. The van der Waals surface area contributed by atoms with Crippen molar-refractivity contribution in [2.45, 2.75) is 38.8 Å². The standard InChI is InChI=1S/C33H40N8O2/c1-23-21-35-33(37-26-7-9-27(10-8-26)39-17-12-28(13-18-39)40-19-14-34-15-20-40)38-31(23)41-16-11-25(22-41)32(43)36-24(2)29-5-3-4-6-30(29)42/h3-11,16,21-22,24,28,34,42H,12-15,17-20H2,1-2H3,(H,36,43)(H,35,37,38). The number of rotatable bonds is 8. The van der Waals surface area contributed by atoms with Crippen LogP contribution in [-0.4, -0.2) is 75.8 Å². The van der Waals surface area contributed by atoms with Crippen LogP contribution in [0.2, 0.25) is 0 Å². The molecule has 2 fully saturated rings. The number of nitrogens with zero attached hydrogens (tertiary/aromatic N) is 5. The number of carbonyl (C=O) groups is 1. The van der Waals surface area contributed by atoms with Crippen LogP contribution in [0.4, 0.5) is 17.3 Å². The topological polar surface area (TPSA) is 111 Å². The van der Waals surface area contributed by atoms with Gasteiger partial charge in [-0.25, -0.2) is 4.98 Å². The van der Waals surface area contributed by atoms with E-state index in [-0.39, 0.29) is 17.7 Å². The third-order valence-electron chi connectivity index (χ3n) is 8.52. The van der Waals surface area contributed by atoms with Crippen molar-refractivity contribution in [2.75, 3.05) is 49.5 Å². The zero-order valence-corrected chi connectivity index (χ0v) is 24.8. The molecule has 0 saturated carbocycles. The van der Waals surface area contributed by atoms with Crippen molar-refractivity contribution in [3.05, 3.63) is 89.9 Å². The number of para-hydroxylation sites is 1. The van der Waals surface area contributed by atoms with Crippen LogP contribution in [0.15, 0.2) is 73.2 Å². The largest absolute Gasteiger partial charge is 0.508 e. The first kappa shape index (κ1) is 28.7. The molecule has 43 heavy (non-hydrogen) atoms. The summed E-state index contributed by atoms with van der Waals surface area (Å²) >= 11 is 0. The number of benzene rings is 2. The highest BCUT2D eigenvalue weighted by Crippen LogP contribution is 2.26. The van der Waals surface area contributed by atoms with Gasteiger partial charge in [-0.1, -0.05) is 18.2 Å². The van der Waals surface area contributed by atoms with Crippen LogP contribution in [0.5, 0.6) is 5.75 Å². The number of hydrogen-bond donors (Lipinski definition) is 4. The van der Waals surface area contributed by atoms with E-state index in [0.717, 1.165) is 50.5 Å². The molecule has 1 atom stereocenters. The van der Waals surface area contributed by atoms with Crippen LogP contribution in [0.1, 0.15) is 47.3 Å². The number of nitrogens with one attached hydrogen (secondary N) is 3. The van der Waals surface area contributed by atoms with Gasteiger partial charge in [0.15, 0.2) is 0 Å². The van der Waals surface area contributed by atoms with E-state index in [2.05, 4.69) is 55.0 Å². The molecule has 10 nitrogen and oxygen atoms in total.